The molecule has 0 amide bonds. The average Bonchev–Trinajstić information content (AvgIpc) is 3.01. The minimum Gasteiger partial charge on any atom is -0.476 e. The van der Waals surface area contributed by atoms with Crippen molar-refractivity contribution in [3.63, 3.8) is 0 Å². The van der Waals surface area contributed by atoms with E-state index in [1.807, 2.05) is 6.92 Å². The first-order valence-electron chi connectivity index (χ1n) is 6.04. The lowest BCUT2D eigenvalue weighted by atomic mass is 10.2. The number of alkyl halides is 3. The molecule has 3 rings (SSSR count). The molecule has 0 fully saturated rings. The Hall–Kier alpha value is -2.42. The highest BCUT2D eigenvalue weighted by Gasteiger charge is 2.35. The molecule has 0 saturated carbocycles. The summed E-state index contributed by atoms with van der Waals surface area (Å²) in [5.41, 5.74) is -1.58. The largest absolute Gasteiger partial charge is 0.476 e. The van der Waals surface area contributed by atoms with Gasteiger partial charge >= 0.3 is 12.1 Å². The molecule has 1 N–H and O–H groups in total. The Kier molecular flexibility index (Phi) is 3.17. The van der Waals surface area contributed by atoms with Gasteiger partial charge in [-0.05, 0) is 25.1 Å². The number of thiophene rings is 1. The van der Waals surface area contributed by atoms with Crippen molar-refractivity contribution in [1.29, 1.82) is 0 Å². The number of hydrogen-bond acceptors (Lipinski definition) is 4. The molecular formula is C13H8F3N3O2S. The maximum Gasteiger partial charge on any atom is 0.433 e. The van der Waals surface area contributed by atoms with E-state index in [1.54, 1.807) is 12.1 Å². The number of aromatic carboxylic acids is 1. The van der Waals surface area contributed by atoms with E-state index in [4.69, 9.17) is 5.11 Å². The molecule has 0 aliphatic carbocycles. The van der Waals surface area contributed by atoms with Gasteiger partial charge in [0.2, 0.25) is 0 Å². The lowest BCUT2D eigenvalue weighted by molar-refractivity contribution is -0.142. The summed E-state index contributed by atoms with van der Waals surface area (Å²) in [5, 5.41) is 12.3. The van der Waals surface area contributed by atoms with E-state index < -0.39 is 23.5 Å². The molecule has 3 aromatic heterocycles. The van der Waals surface area contributed by atoms with Gasteiger partial charge in [-0.25, -0.2) is 14.3 Å². The topological polar surface area (TPSA) is 67.5 Å². The average molecular weight is 327 g/mol. The highest BCUT2D eigenvalue weighted by molar-refractivity contribution is 7.15. The molecule has 0 saturated heterocycles. The summed E-state index contributed by atoms with van der Waals surface area (Å²) >= 11 is 1.31. The van der Waals surface area contributed by atoms with Crippen molar-refractivity contribution in [1.82, 2.24) is 14.6 Å². The first-order chi connectivity index (χ1) is 10.3. The van der Waals surface area contributed by atoms with Gasteiger partial charge in [-0.15, -0.1) is 11.3 Å². The van der Waals surface area contributed by atoms with Crippen LogP contribution in [0.2, 0.25) is 0 Å². The van der Waals surface area contributed by atoms with Crippen molar-refractivity contribution in [3.8, 4) is 10.6 Å². The second kappa shape index (κ2) is 4.80. The van der Waals surface area contributed by atoms with Gasteiger partial charge in [0.25, 0.3) is 0 Å². The van der Waals surface area contributed by atoms with Gasteiger partial charge in [0.1, 0.15) is 0 Å². The van der Waals surface area contributed by atoms with Gasteiger partial charge in [0.05, 0.1) is 10.6 Å². The number of fused-ring (bicyclic) bond motifs is 1. The number of carboxylic acids is 1. The number of aryl methyl sites for hydroxylation is 1. The van der Waals surface area contributed by atoms with Crippen molar-refractivity contribution in [2.75, 3.05) is 0 Å². The van der Waals surface area contributed by atoms with Crippen molar-refractivity contribution in [2.45, 2.75) is 13.1 Å². The minimum absolute atomic E-state index is 0.134. The van der Waals surface area contributed by atoms with Gasteiger partial charge < -0.3 is 5.11 Å². The lowest BCUT2D eigenvalue weighted by Crippen LogP contribution is -2.14. The summed E-state index contributed by atoms with van der Waals surface area (Å²) in [6, 6.07) is 5.34. The molecule has 22 heavy (non-hydrogen) atoms. The predicted molar refractivity (Wildman–Crippen MR) is 73.0 cm³/mol. The zero-order valence-corrected chi connectivity index (χ0v) is 11.9. The van der Waals surface area contributed by atoms with Crippen LogP contribution in [0.3, 0.4) is 0 Å². The van der Waals surface area contributed by atoms with Gasteiger partial charge in [-0.3, -0.25) is 0 Å². The normalized spacial score (nSPS) is 12.0. The highest BCUT2D eigenvalue weighted by atomic mass is 32.1. The molecule has 3 aromatic rings. The SMILES string of the molecule is Cc1ccc(-c2cc(C(F)(F)F)n3nc(C(=O)O)cc3n2)s1. The molecule has 5 nitrogen and oxygen atoms in total. The molecule has 0 aromatic carbocycles. The molecule has 114 valence electrons. The first-order valence-corrected chi connectivity index (χ1v) is 6.85. The summed E-state index contributed by atoms with van der Waals surface area (Å²) in [5.74, 6) is -1.41. The number of nitrogens with zero attached hydrogens (tertiary/aromatic N) is 3. The Morgan fingerprint density at radius 1 is 1.32 bits per heavy atom. The third-order valence-electron chi connectivity index (χ3n) is 2.93. The maximum absolute atomic E-state index is 13.2. The van der Waals surface area contributed by atoms with E-state index in [0.717, 1.165) is 17.0 Å². The fourth-order valence-corrected chi connectivity index (χ4v) is 2.81. The Morgan fingerprint density at radius 2 is 2.05 bits per heavy atom. The Balaban J connectivity index is 2.30. The van der Waals surface area contributed by atoms with Crippen LogP contribution in [-0.2, 0) is 6.18 Å². The summed E-state index contributed by atoms with van der Waals surface area (Å²) < 4.78 is 40.1. The molecular weight excluding hydrogens is 319 g/mol. The Labute approximate surface area is 125 Å². The van der Waals surface area contributed by atoms with Crippen LogP contribution in [0.25, 0.3) is 16.2 Å². The first kappa shape index (κ1) is 14.5. The number of carboxylic acid groups (broad SMARTS) is 1. The van der Waals surface area contributed by atoms with Crippen molar-refractivity contribution >= 4 is 23.0 Å². The molecule has 3 heterocycles. The van der Waals surface area contributed by atoms with Crippen LogP contribution in [0.15, 0.2) is 24.3 Å². The van der Waals surface area contributed by atoms with E-state index >= 15 is 0 Å². The lowest BCUT2D eigenvalue weighted by Gasteiger charge is -2.10. The number of carbonyl (C=O) groups is 1. The van der Waals surface area contributed by atoms with Crippen LogP contribution in [0.1, 0.15) is 21.1 Å². The fourth-order valence-electron chi connectivity index (χ4n) is 1.98. The second-order valence-corrected chi connectivity index (χ2v) is 5.83. The van der Waals surface area contributed by atoms with Gasteiger partial charge in [-0.2, -0.15) is 18.3 Å². The summed E-state index contributed by atoms with van der Waals surface area (Å²) in [6.45, 7) is 1.83. The maximum atomic E-state index is 13.2. The van der Waals surface area contributed by atoms with E-state index in [2.05, 4.69) is 10.1 Å². The smallest absolute Gasteiger partial charge is 0.433 e. The second-order valence-electron chi connectivity index (χ2n) is 4.54. The summed E-state index contributed by atoms with van der Waals surface area (Å²) in [7, 11) is 0. The molecule has 9 heteroatoms. The fraction of sp³-hybridized carbons (Fsp3) is 0.154. The minimum atomic E-state index is -4.68. The highest BCUT2D eigenvalue weighted by Crippen LogP contribution is 2.34. The number of rotatable bonds is 2. The Morgan fingerprint density at radius 3 is 2.59 bits per heavy atom. The van der Waals surface area contributed by atoms with Crippen LogP contribution in [-0.4, -0.2) is 25.7 Å². The molecule has 0 radical (unpaired) electrons. The van der Waals surface area contributed by atoms with E-state index in [0.29, 0.717) is 9.39 Å². The summed E-state index contributed by atoms with van der Waals surface area (Å²) in [4.78, 5) is 16.5. The number of halogens is 3. The van der Waals surface area contributed by atoms with Gasteiger partial charge in [0.15, 0.2) is 17.0 Å². The van der Waals surface area contributed by atoms with Crippen LogP contribution < -0.4 is 0 Å². The van der Waals surface area contributed by atoms with Crippen LogP contribution in [0.4, 0.5) is 13.2 Å². The molecule has 0 bridgehead atoms. The van der Waals surface area contributed by atoms with Gasteiger partial charge in [0, 0.05) is 10.9 Å². The molecule has 0 spiro atoms. The van der Waals surface area contributed by atoms with E-state index in [1.165, 1.54) is 11.3 Å². The molecule has 0 unspecified atom stereocenters. The van der Waals surface area contributed by atoms with Gasteiger partial charge in [-0.1, -0.05) is 0 Å². The van der Waals surface area contributed by atoms with Crippen LogP contribution in [0.5, 0.6) is 0 Å². The molecule has 0 aliphatic heterocycles. The van der Waals surface area contributed by atoms with Crippen LogP contribution in [0, 0.1) is 6.92 Å². The number of hydrogen-bond donors (Lipinski definition) is 1. The quantitative estimate of drug-likeness (QED) is 0.782. The number of aromatic nitrogens is 3. The zero-order chi connectivity index (χ0) is 16.1. The standard InChI is InChI=1S/C13H8F3N3O2S/c1-6-2-3-9(22-6)7-4-10(13(14,15)16)19-11(17-7)5-8(18-19)12(20)21/h2-5H,1H3,(H,20,21). The molecule has 0 aliphatic rings. The van der Waals surface area contributed by atoms with E-state index in [-0.39, 0.29) is 11.3 Å². The van der Waals surface area contributed by atoms with Crippen molar-refractivity contribution < 1.29 is 23.1 Å². The van der Waals surface area contributed by atoms with E-state index in [9.17, 15) is 18.0 Å². The monoisotopic (exact) mass is 327 g/mol. The third kappa shape index (κ3) is 2.43. The third-order valence-corrected chi connectivity index (χ3v) is 3.95. The van der Waals surface area contributed by atoms with Crippen molar-refractivity contribution in [3.05, 3.63) is 40.5 Å². The van der Waals surface area contributed by atoms with Crippen molar-refractivity contribution in [2.24, 2.45) is 0 Å². The molecule has 0 atom stereocenters. The Bertz CT molecular complexity index is 882. The van der Waals surface area contributed by atoms with Crippen LogP contribution >= 0.6 is 11.3 Å². The zero-order valence-electron chi connectivity index (χ0n) is 11.0. The predicted octanol–water partition coefficient (Wildman–Crippen LogP) is 3.48. The summed E-state index contributed by atoms with van der Waals surface area (Å²) in [6.07, 6.45) is -4.68.